The highest BCUT2D eigenvalue weighted by Crippen LogP contribution is 2.19. The van der Waals surface area contributed by atoms with E-state index in [-0.39, 0.29) is 22.0 Å². The molecule has 20 heavy (non-hydrogen) atoms. The number of aromatic nitrogens is 1. The van der Waals surface area contributed by atoms with Gasteiger partial charge < -0.3 is 10.3 Å². The first-order valence-corrected chi connectivity index (χ1v) is 7.28. The fourth-order valence-corrected chi connectivity index (χ4v) is 3.04. The van der Waals surface area contributed by atoms with Crippen LogP contribution in [-0.4, -0.2) is 18.6 Å². The molecule has 0 fully saturated rings. The van der Waals surface area contributed by atoms with Crippen molar-refractivity contribution in [3.63, 3.8) is 0 Å². The molecule has 0 aliphatic rings. The summed E-state index contributed by atoms with van der Waals surface area (Å²) < 4.78 is 44.8. The van der Waals surface area contributed by atoms with Crippen molar-refractivity contribution in [3.8, 4) is 0 Å². The first kappa shape index (κ1) is 14.6. The second kappa shape index (κ2) is 5.65. The standard InChI is InChI=1S/C11H10FN3O3S2/c12-8-2-1-3-9(10(8)11(13)19)20(16,17)14-6-7-4-5-18-15-7/h1-5,14H,6H2,(H2,13,19). The summed E-state index contributed by atoms with van der Waals surface area (Å²) >= 11 is 4.69. The summed E-state index contributed by atoms with van der Waals surface area (Å²) in [4.78, 5) is -0.640. The van der Waals surface area contributed by atoms with E-state index in [0.29, 0.717) is 5.69 Å². The Morgan fingerprint density at radius 3 is 2.80 bits per heavy atom. The molecule has 0 saturated carbocycles. The number of nitrogens with zero attached hydrogens (tertiary/aromatic N) is 1. The molecule has 106 valence electrons. The van der Waals surface area contributed by atoms with Crippen molar-refractivity contribution in [1.82, 2.24) is 9.88 Å². The third-order valence-electron chi connectivity index (χ3n) is 2.45. The number of thiocarbonyl (C=S) groups is 1. The van der Waals surface area contributed by atoms with Gasteiger partial charge in [-0.1, -0.05) is 23.4 Å². The molecule has 0 atom stereocenters. The third kappa shape index (κ3) is 3.00. The maximum atomic E-state index is 13.7. The van der Waals surface area contributed by atoms with Crippen LogP contribution in [0.15, 0.2) is 39.9 Å². The zero-order valence-electron chi connectivity index (χ0n) is 10.0. The fourth-order valence-electron chi connectivity index (χ4n) is 1.54. The molecule has 0 spiro atoms. The van der Waals surface area contributed by atoms with Gasteiger partial charge in [-0.15, -0.1) is 0 Å². The molecule has 0 saturated heterocycles. The Balaban J connectivity index is 2.34. The first-order valence-electron chi connectivity index (χ1n) is 5.39. The van der Waals surface area contributed by atoms with Gasteiger partial charge in [-0.25, -0.2) is 17.5 Å². The van der Waals surface area contributed by atoms with Gasteiger partial charge in [0.2, 0.25) is 10.0 Å². The Labute approximate surface area is 119 Å². The molecule has 2 aromatic rings. The number of sulfonamides is 1. The van der Waals surface area contributed by atoms with Gasteiger partial charge in [0.1, 0.15) is 17.1 Å². The SMILES string of the molecule is NC(=S)c1c(F)cccc1S(=O)(=O)NCc1ccon1. The Kier molecular flexibility index (Phi) is 4.12. The summed E-state index contributed by atoms with van der Waals surface area (Å²) in [6, 6.07) is 5.08. The molecule has 6 nitrogen and oxygen atoms in total. The topological polar surface area (TPSA) is 98.2 Å². The van der Waals surface area contributed by atoms with Crippen molar-refractivity contribution in [3.05, 3.63) is 47.6 Å². The zero-order valence-corrected chi connectivity index (χ0v) is 11.7. The van der Waals surface area contributed by atoms with Crippen molar-refractivity contribution >= 4 is 27.2 Å². The number of nitrogens with one attached hydrogen (secondary N) is 1. The zero-order chi connectivity index (χ0) is 14.8. The number of benzene rings is 1. The maximum absolute atomic E-state index is 13.7. The lowest BCUT2D eigenvalue weighted by molar-refractivity contribution is 0.411. The number of nitrogens with two attached hydrogens (primary N) is 1. The van der Waals surface area contributed by atoms with E-state index in [2.05, 4.69) is 26.6 Å². The van der Waals surface area contributed by atoms with Gasteiger partial charge in [0.15, 0.2) is 0 Å². The van der Waals surface area contributed by atoms with E-state index in [1.807, 2.05) is 0 Å². The Morgan fingerprint density at radius 2 is 2.20 bits per heavy atom. The lowest BCUT2D eigenvalue weighted by atomic mass is 10.2. The van der Waals surface area contributed by atoms with Gasteiger partial charge in [0, 0.05) is 6.07 Å². The van der Waals surface area contributed by atoms with E-state index < -0.39 is 15.8 Å². The fraction of sp³-hybridized carbons (Fsp3) is 0.0909. The Bertz CT molecular complexity index is 729. The predicted molar refractivity (Wildman–Crippen MR) is 72.8 cm³/mol. The normalized spacial score (nSPS) is 11.4. The van der Waals surface area contributed by atoms with Crippen LogP contribution in [0.25, 0.3) is 0 Å². The number of hydrogen-bond acceptors (Lipinski definition) is 5. The summed E-state index contributed by atoms with van der Waals surface area (Å²) in [7, 11) is -3.97. The third-order valence-corrected chi connectivity index (χ3v) is 4.09. The largest absolute Gasteiger partial charge is 0.389 e. The predicted octanol–water partition coefficient (Wildman–Crippen LogP) is 0.926. The highest BCUT2D eigenvalue weighted by molar-refractivity contribution is 7.89. The number of halogens is 1. The van der Waals surface area contributed by atoms with Gasteiger partial charge in [0.05, 0.1) is 22.7 Å². The first-order chi connectivity index (χ1) is 9.42. The molecule has 0 aliphatic heterocycles. The van der Waals surface area contributed by atoms with Gasteiger partial charge in [0.25, 0.3) is 0 Å². The summed E-state index contributed by atoms with van der Waals surface area (Å²) in [6.07, 6.45) is 1.31. The van der Waals surface area contributed by atoms with Crippen molar-refractivity contribution < 1.29 is 17.3 Å². The molecular formula is C11H10FN3O3S2. The average Bonchev–Trinajstić information content (AvgIpc) is 2.89. The van der Waals surface area contributed by atoms with E-state index in [0.717, 1.165) is 6.07 Å². The molecule has 3 N–H and O–H groups in total. The molecule has 0 bridgehead atoms. The molecule has 0 amide bonds. The lowest BCUT2D eigenvalue weighted by Gasteiger charge is -2.10. The van der Waals surface area contributed by atoms with Gasteiger partial charge in [-0.2, -0.15) is 0 Å². The summed E-state index contributed by atoms with van der Waals surface area (Å²) in [5.41, 5.74) is 5.46. The van der Waals surface area contributed by atoms with Crippen LogP contribution in [0.1, 0.15) is 11.3 Å². The number of rotatable bonds is 5. The lowest BCUT2D eigenvalue weighted by Crippen LogP contribution is -2.27. The summed E-state index contributed by atoms with van der Waals surface area (Å²) in [6.45, 7) is -0.0912. The summed E-state index contributed by atoms with van der Waals surface area (Å²) in [5.74, 6) is -0.790. The number of hydrogen-bond donors (Lipinski definition) is 2. The molecule has 0 aliphatic carbocycles. The van der Waals surface area contributed by atoms with Crippen LogP contribution in [0.5, 0.6) is 0 Å². The van der Waals surface area contributed by atoms with E-state index in [1.54, 1.807) is 0 Å². The highest BCUT2D eigenvalue weighted by Gasteiger charge is 2.22. The molecule has 9 heteroatoms. The minimum Gasteiger partial charge on any atom is -0.389 e. The van der Waals surface area contributed by atoms with Crippen molar-refractivity contribution in [2.75, 3.05) is 0 Å². The van der Waals surface area contributed by atoms with Crippen molar-refractivity contribution in [2.24, 2.45) is 5.73 Å². The van der Waals surface area contributed by atoms with E-state index in [1.165, 1.54) is 24.5 Å². The Morgan fingerprint density at radius 1 is 1.45 bits per heavy atom. The highest BCUT2D eigenvalue weighted by atomic mass is 32.2. The van der Waals surface area contributed by atoms with Crippen molar-refractivity contribution in [1.29, 1.82) is 0 Å². The van der Waals surface area contributed by atoms with Crippen LogP contribution in [0.4, 0.5) is 4.39 Å². The van der Waals surface area contributed by atoms with Crippen LogP contribution in [0.3, 0.4) is 0 Å². The van der Waals surface area contributed by atoms with E-state index in [4.69, 9.17) is 5.73 Å². The van der Waals surface area contributed by atoms with Crippen molar-refractivity contribution in [2.45, 2.75) is 11.4 Å². The minimum absolute atomic E-state index is 0.0912. The Hall–Kier alpha value is -1.84. The van der Waals surface area contributed by atoms with Gasteiger partial charge in [-0.3, -0.25) is 0 Å². The minimum atomic E-state index is -3.97. The quantitative estimate of drug-likeness (QED) is 0.796. The maximum Gasteiger partial charge on any atom is 0.241 e. The van der Waals surface area contributed by atoms with E-state index in [9.17, 15) is 12.8 Å². The van der Waals surface area contributed by atoms with Crippen LogP contribution in [-0.2, 0) is 16.6 Å². The van der Waals surface area contributed by atoms with Crippen LogP contribution in [0, 0.1) is 5.82 Å². The van der Waals surface area contributed by atoms with Gasteiger partial charge >= 0.3 is 0 Å². The second-order valence-corrected chi connectivity index (χ2v) is 5.97. The molecule has 1 aromatic carbocycles. The summed E-state index contributed by atoms with van der Waals surface area (Å²) in [5, 5.41) is 3.56. The van der Waals surface area contributed by atoms with E-state index >= 15 is 0 Å². The van der Waals surface area contributed by atoms with Gasteiger partial charge in [-0.05, 0) is 12.1 Å². The average molecular weight is 315 g/mol. The van der Waals surface area contributed by atoms with Crippen LogP contribution >= 0.6 is 12.2 Å². The van der Waals surface area contributed by atoms with Crippen LogP contribution in [0.2, 0.25) is 0 Å². The smallest absolute Gasteiger partial charge is 0.241 e. The molecule has 1 aromatic heterocycles. The molecule has 1 heterocycles. The van der Waals surface area contributed by atoms with Crippen LogP contribution < -0.4 is 10.5 Å². The second-order valence-electron chi connectivity index (χ2n) is 3.79. The monoisotopic (exact) mass is 315 g/mol. The molecule has 2 rings (SSSR count). The molecule has 0 radical (unpaired) electrons. The molecule has 0 unspecified atom stereocenters. The molecular weight excluding hydrogens is 305 g/mol.